The zero-order chi connectivity index (χ0) is 17.7. The molecule has 0 spiro atoms. The molecule has 1 rings (SSSR count). The molecular formula is C15H26ClIN4O2S. The van der Waals surface area contributed by atoms with Gasteiger partial charge in [0.2, 0.25) is 10.0 Å². The highest BCUT2D eigenvalue weighted by Crippen LogP contribution is 2.16. The van der Waals surface area contributed by atoms with Gasteiger partial charge in [0.25, 0.3) is 0 Å². The average molecular weight is 489 g/mol. The molecule has 0 fully saturated rings. The van der Waals surface area contributed by atoms with Crippen LogP contribution in [0.5, 0.6) is 0 Å². The first-order chi connectivity index (χ1) is 10.5. The molecule has 9 heteroatoms. The van der Waals surface area contributed by atoms with Crippen molar-refractivity contribution in [2.75, 3.05) is 26.9 Å². The molecule has 0 aliphatic carbocycles. The largest absolute Gasteiger partial charge is 0.354 e. The van der Waals surface area contributed by atoms with Gasteiger partial charge < -0.3 is 10.2 Å². The number of benzene rings is 1. The van der Waals surface area contributed by atoms with E-state index in [-0.39, 0.29) is 24.0 Å². The van der Waals surface area contributed by atoms with Gasteiger partial charge in [-0.15, -0.1) is 24.0 Å². The van der Waals surface area contributed by atoms with Crippen molar-refractivity contribution in [3.63, 3.8) is 0 Å². The van der Waals surface area contributed by atoms with Gasteiger partial charge in [-0.3, -0.25) is 4.99 Å². The number of nitrogens with zero attached hydrogens (tertiary/aromatic N) is 2. The summed E-state index contributed by atoms with van der Waals surface area (Å²) in [5.74, 6) is 0.660. The number of rotatable bonds is 6. The molecular weight excluding hydrogens is 463 g/mol. The topological polar surface area (TPSA) is 73.8 Å². The maximum absolute atomic E-state index is 11.4. The van der Waals surface area contributed by atoms with Gasteiger partial charge in [0.15, 0.2) is 5.96 Å². The Morgan fingerprint density at radius 1 is 1.33 bits per heavy atom. The maximum Gasteiger partial charge on any atom is 0.209 e. The van der Waals surface area contributed by atoms with Gasteiger partial charge in [-0.2, -0.15) is 0 Å². The second-order valence-electron chi connectivity index (χ2n) is 6.11. The van der Waals surface area contributed by atoms with Gasteiger partial charge in [0.1, 0.15) is 0 Å². The lowest BCUT2D eigenvalue weighted by Crippen LogP contribution is -2.53. The molecule has 0 amide bonds. The summed E-state index contributed by atoms with van der Waals surface area (Å²) < 4.78 is 25.3. The van der Waals surface area contributed by atoms with Crippen molar-refractivity contribution >= 4 is 51.6 Å². The predicted octanol–water partition coefficient (Wildman–Crippen LogP) is 2.29. The van der Waals surface area contributed by atoms with Crippen LogP contribution in [-0.4, -0.2) is 51.7 Å². The molecule has 0 saturated heterocycles. The summed E-state index contributed by atoms with van der Waals surface area (Å²) in [6.45, 7) is 4.61. The van der Waals surface area contributed by atoms with Crippen LogP contribution in [0.25, 0.3) is 0 Å². The first-order valence-electron chi connectivity index (χ1n) is 7.18. The average Bonchev–Trinajstić information content (AvgIpc) is 2.39. The van der Waals surface area contributed by atoms with Crippen LogP contribution >= 0.6 is 35.6 Å². The highest BCUT2D eigenvalue weighted by Gasteiger charge is 2.23. The molecule has 0 atom stereocenters. The standard InChI is InChI=1S/C15H25ClN4O2S.HI/c1-15(2,19-23(5,21)22)11-18-14(17-3)20(4)10-12-8-6-7-9-13(12)16;/h6-9,19H,10-11H2,1-5H3,(H,17,18);1H. The predicted molar refractivity (Wildman–Crippen MR) is 112 cm³/mol. The van der Waals surface area contributed by atoms with Gasteiger partial charge in [0.05, 0.1) is 6.26 Å². The fourth-order valence-corrected chi connectivity index (χ4v) is 3.45. The third-order valence-corrected chi connectivity index (χ3v) is 4.38. The monoisotopic (exact) mass is 488 g/mol. The Balaban J connectivity index is 0.00000529. The first kappa shape index (κ1) is 23.4. The van der Waals surface area contributed by atoms with E-state index in [1.807, 2.05) is 50.1 Å². The number of guanidine groups is 1. The molecule has 0 radical (unpaired) electrons. The van der Waals surface area contributed by atoms with Crippen molar-refractivity contribution in [1.29, 1.82) is 0 Å². The number of nitrogens with one attached hydrogen (secondary N) is 2. The van der Waals surface area contributed by atoms with Crippen LogP contribution in [0.15, 0.2) is 29.3 Å². The Bertz CT molecular complexity index is 665. The molecule has 0 unspecified atom stereocenters. The molecule has 24 heavy (non-hydrogen) atoms. The molecule has 0 heterocycles. The van der Waals surface area contributed by atoms with Gasteiger partial charge in [-0.25, -0.2) is 13.1 Å². The normalized spacial score (nSPS) is 12.5. The highest BCUT2D eigenvalue weighted by atomic mass is 127. The van der Waals surface area contributed by atoms with Gasteiger partial charge >= 0.3 is 0 Å². The van der Waals surface area contributed by atoms with Crippen molar-refractivity contribution in [1.82, 2.24) is 14.9 Å². The molecule has 0 aliphatic rings. The second-order valence-corrected chi connectivity index (χ2v) is 8.26. The summed E-state index contributed by atoms with van der Waals surface area (Å²) in [5.41, 5.74) is 0.363. The van der Waals surface area contributed by atoms with Crippen LogP contribution in [0.4, 0.5) is 0 Å². The summed E-state index contributed by atoms with van der Waals surface area (Å²) in [6.07, 6.45) is 1.15. The van der Waals surface area contributed by atoms with E-state index < -0.39 is 15.6 Å². The molecule has 138 valence electrons. The lowest BCUT2D eigenvalue weighted by atomic mass is 10.1. The zero-order valence-electron chi connectivity index (χ0n) is 14.6. The summed E-state index contributed by atoms with van der Waals surface area (Å²) in [6, 6.07) is 7.63. The number of aliphatic imine (C=N–C) groups is 1. The molecule has 0 aromatic heterocycles. The SMILES string of the molecule is CN=C(NCC(C)(C)NS(C)(=O)=O)N(C)Cc1ccccc1Cl.I. The summed E-state index contributed by atoms with van der Waals surface area (Å²) in [4.78, 5) is 6.15. The van der Waals surface area contributed by atoms with E-state index in [4.69, 9.17) is 11.6 Å². The molecule has 2 N–H and O–H groups in total. The van der Waals surface area contributed by atoms with Crippen molar-refractivity contribution in [3.8, 4) is 0 Å². The van der Waals surface area contributed by atoms with Crippen LogP contribution in [0.3, 0.4) is 0 Å². The third-order valence-electron chi connectivity index (χ3n) is 3.09. The lowest BCUT2D eigenvalue weighted by molar-refractivity contribution is 0.422. The molecule has 1 aromatic rings. The molecule has 0 aliphatic heterocycles. The summed E-state index contributed by atoms with van der Waals surface area (Å²) >= 11 is 6.17. The minimum Gasteiger partial charge on any atom is -0.354 e. The Kier molecular flexibility index (Phi) is 9.55. The molecule has 6 nitrogen and oxygen atoms in total. The Morgan fingerprint density at radius 2 is 1.92 bits per heavy atom. The molecule has 1 aromatic carbocycles. The van der Waals surface area contributed by atoms with Gasteiger partial charge in [0, 0.05) is 37.7 Å². The van der Waals surface area contributed by atoms with Crippen LogP contribution < -0.4 is 10.0 Å². The van der Waals surface area contributed by atoms with E-state index in [0.717, 1.165) is 11.8 Å². The number of hydrogen-bond acceptors (Lipinski definition) is 3. The minimum atomic E-state index is -3.27. The first-order valence-corrected chi connectivity index (χ1v) is 9.45. The fourth-order valence-electron chi connectivity index (χ4n) is 2.18. The van der Waals surface area contributed by atoms with Crippen LogP contribution in [0.2, 0.25) is 5.02 Å². The van der Waals surface area contributed by atoms with E-state index in [9.17, 15) is 8.42 Å². The zero-order valence-corrected chi connectivity index (χ0v) is 18.5. The number of hydrogen-bond donors (Lipinski definition) is 2. The van der Waals surface area contributed by atoms with Crippen molar-refractivity contribution in [2.45, 2.75) is 25.9 Å². The minimum absolute atomic E-state index is 0. The van der Waals surface area contributed by atoms with Crippen LogP contribution in [0.1, 0.15) is 19.4 Å². The van der Waals surface area contributed by atoms with Crippen molar-refractivity contribution < 1.29 is 8.42 Å². The quantitative estimate of drug-likeness (QED) is 0.366. The Labute approximate surface area is 167 Å². The van der Waals surface area contributed by atoms with Crippen LogP contribution in [0, 0.1) is 0 Å². The van der Waals surface area contributed by atoms with Crippen LogP contribution in [-0.2, 0) is 16.6 Å². The lowest BCUT2D eigenvalue weighted by Gasteiger charge is -2.29. The molecule has 0 bridgehead atoms. The van der Waals surface area contributed by atoms with E-state index >= 15 is 0 Å². The Hall–Kier alpha value is -0.580. The van der Waals surface area contributed by atoms with E-state index in [1.54, 1.807) is 7.05 Å². The van der Waals surface area contributed by atoms with E-state index in [2.05, 4.69) is 15.0 Å². The van der Waals surface area contributed by atoms with Crippen molar-refractivity contribution in [2.24, 2.45) is 4.99 Å². The molecule has 0 saturated carbocycles. The van der Waals surface area contributed by atoms with E-state index in [0.29, 0.717) is 24.1 Å². The number of halogens is 2. The summed E-state index contributed by atoms with van der Waals surface area (Å²) in [5, 5.41) is 3.88. The fraction of sp³-hybridized carbons (Fsp3) is 0.533. The van der Waals surface area contributed by atoms with Gasteiger partial charge in [-0.05, 0) is 25.5 Å². The summed E-state index contributed by atoms with van der Waals surface area (Å²) in [7, 11) is 0.310. The smallest absolute Gasteiger partial charge is 0.209 e. The number of sulfonamides is 1. The van der Waals surface area contributed by atoms with Crippen molar-refractivity contribution in [3.05, 3.63) is 34.9 Å². The second kappa shape index (κ2) is 9.79. The maximum atomic E-state index is 11.4. The highest BCUT2D eigenvalue weighted by molar-refractivity contribution is 14.0. The Morgan fingerprint density at radius 3 is 2.42 bits per heavy atom. The van der Waals surface area contributed by atoms with Gasteiger partial charge in [-0.1, -0.05) is 29.8 Å². The van der Waals surface area contributed by atoms with E-state index in [1.165, 1.54) is 0 Å². The third kappa shape index (κ3) is 8.50.